The average molecular weight is 190 g/mol. The third kappa shape index (κ3) is 1.30. The lowest BCUT2D eigenvalue weighted by Crippen LogP contribution is -2.20. The molecule has 1 aliphatic rings. The summed E-state index contributed by atoms with van der Waals surface area (Å²) in [6.07, 6.45) is 0.506. The Bertz CT molecular complexity index is 385. The number of nitrogens with zero attached hydrogens (tertiary/aromatic N) is 1. The fourth-order valence-corrected chi connectivity index (χ4v) is 1.77. The second kappa shape index (κ2) is 3.10. The minimum absolute atomic E-state index is 0.0290. The topological polar surface area (TPSA) is 46.3 Å². The number of anilines is 1. The third-order valence-electron chi connectivity index (χ3n) is 2.71. The number of fused-ring (bicyclic) bond motifs is 1. The Balaban J connectivity index is 2.44. The first-order valence-electron chi connectivity index (χ1n) is 4.74. The van der Waals surface area contributed by atoms with Crippen LogP contribution in [0.2, 0.25) is 0 Å². The summed E-state index contributed by atoms with van der Waals surface area (Å²) in [5.41, 5.74) is 8.97. The van der Waals surface area contributed by atoms with Crippen LogP contribution in [0.15, 0.2) is 18.2 Å². The fraction of sp³-hybridized carbons (Fsp3) is 0.364. The standard InChI is InChI=1S/C11H14N2O/c1-7(12)8-3-4-10-9(5-8)6-11(14)13(10)2/h3-5,7H,6,12H2,1-2H3. The van der Waals surface area contributed by atoms with Gasteiger partial charge in [-0.25, -0.2) is 0 Å². The van der Waals surface area contributed by atoms with Crippen LogP contribution in [0.1, 0.15) is 24.1 Å². The van der Waals surface area contributed by atoms with Crippen LogP contribution >= 0.6 is 0 Å². The molecular formula is C11H14N2O. The van der Waals surface area contributed by atoms with Gasteiger partial charge in [-0.2, -0.15) is 0 Å². The maximum atomic E-state index is 11.4. The summed E-state index contributed by atoms with van der Waals surface area (Å²) in [6.45, 7) is 1.95. The van der Waals surface area contributed by atoms with Crippen LogP contribution in [-0.4, -0.2) is 13.0 Å². The highest BCUT2D eigenvalue weighted by Gasteiger charge is 2.23. The van der Waals surface area contributed by atoms with E-state index in [4.69, 9.17) is 5.73 Å². The molecule has 3 heteroatoms. The van der Waals surface area contributed by atoms with Crippen molar-refractivity contribution < 1.29 is 4.79 Å². The molecule has 0 saturated heterocycles. The largest absolute Gasteiger partial charge is 0.324 e. The number of benzene rings is 1. The van der Waals surface area contributed by atoms with Crippen molar-refractivity contribution in [1.82, 2.24) is 0 Å². The first kappa shape index (κ1) is 9.21. The molecule has 1 amide bonds. The van der Waals surface area contributed by atoms with Crippen molar-refractivity contribution in [2.45, 2.75) is 19.4 Å². The minimum atomic E-state index is 0.0290. The highest BCUT2D eigenvalue weighted by molar-refractivity contribution is 6.00. The van der Waals surface area contributed by atoms with Gasteiger partial charge in [-0.15, -0.1) is 0 Å². The lowest BCUT2D eigenvalue weighted by Gasteiger charge is -2.11. The predicted molar refractivity (Wildman–Crippen MR) is 56.2 cm³/mol. The van der Waals surface area contributed by atoms with Crippen molar-refractivity contribution >= 4 is 11.6 Å². The van der Waals surface area contributed by atoms with E-state index < -0.39 is 0 Å². The molecule has 1 atom stereocenters. The lowest BCUT2D eigenvalue weighted by molar-refractivity contribution is -0.117. The molecule has 0 radical (unpaired) electrons. The third-order valence-corrected chi connectivity index (χ3v) is 2.71. The molecule has 0 aromatic heterocycles. The van der Waals surface area contributed by atoms with E-state index in [2.05, 4.69) is 0 Å². The quantitative estimate of drug-likeness (QED) is 0.723. The van der Waals surface area contributed by atoms with Gasteiger partial charge in [-0.1, -0.05) is 12.1 Å². The zero-order valence-corrected chi connectivity index (χ0v) is 8.45. The van der Waals surface area contributed by atoms with Gasteiger partial charge in [0.1, 0.15) is 0 Å². The minimum Gasteiger partial charge on any atom is -0.324 e. The van der Waals surface area contributed by atoms with Crippen molar-refractivity contribution in [3.8, 4) is 0 Å². The van der Waals surface area contributed by atoms with Crippen LogP contribution in [0.5, 0.6) is 0 Å². The van der Waals surface area contributed by atoms with Gasteiger partial charge in [0.2, 0.25) is 5.91 Å². The van der Waals surface area contributed by atoms with Crippen LogP contribution in [0.4, 0.5) is 5.69 Å². The van der Waals surface area contributed by atoms with Crippen molar-refractivity contribution in [2.24, 2.45) is 5.73 Å². The summed E-state index contributed by atoms with van der Waals surface area (Å²) in [6, 6.07) is 6.01. The molecule has 1 unspecified atom stereocenters. The molecule has 0 bridgehead atoms. The number of likely N-dealkylation sites (N-methyl/N-ethyl adjacent to an activating group) is 1. The van der Waals surface area contributed by atoms with E-state index in [1.807, 2.05) is 25.1 Å². The number of nitrogens with two attached hydrogens (primary N) is 1. The fourth-order valence-electron chi connectivity index (χ4n) is 1.77. The number of rotatable bonds is 1. The number of hydrogen-bond donors (Lipinski definition) is 1. The summed E-state index contributed by atoms with van der Waals surface area (Å²) in [5, 5.41) is 0. The first-order valence-corrected chi connectivity index (χ1v) is 4.74. The van der Waals surface area contributed by atoms with Crippen LogP contribution in [0.25, 0.3) is 0 Å². The second-order valence-corrected chi connectivity index (χ2v) is 3.81. The van der Waals surface area contributed by atoms with Crippen molar-refractivity contribution in [3.63, 3.8) is 0 Å². The molecule has 1 aromatic carbocycles. The predicted octanol–water partition coefficient (Wildman–Crippen LogP) is 1.23. The first-order chi connectivity index (χ1) is 6.59. The molecule has 3 nitrogen and oxygen atoms in total. The van der Waals surface area contributed by atoms with Crippen LogP contribution in [0.3, 0.4) is 0 Å². The summed E-state index contributed by atoms with van der Waals surface area (Å²) < 4.78 is 0. The average Bonchev–Trinajstić information content (AvgIpc) is 2.42. The van der Waals surface area contributed by atoms with E-state index in [1.54, 1.807) is 11.9 Å². The van der Waals surface area contributed by atoms with E-state index in [9.17, 15) is 4.79 Å². The van der Waals surface area contributed by atoms with Gasteiger partial charge in [-0.3, -0.25) is 4.79 Å². The summed E-state index contributed by atoms with van der Waals surface area (Å²) in [7, 11) is 1.81. The smallest absolute Gasteiger partial charge is 0.231 e. The van der Waals surface area contributed by atoms with Gasteiger partial charge in [-0.05, 0) is 24.1 Å². The Kier molecular flexibility index (Phi) is 2.04. The molecule has 1 aromatic rings. The number of hydrogen-bond acceptors (Lipinski definition) is 2. The molecule has 2 N–H and O–H groups in total. The van der Waals surface area contributed by atoms with E-state index in [-0.39, 0.29) is 11.9 Å². The van der Waals surface area contributed by atoms with Crippen molar-refractivity contribution in [2.75, 3.05) is 11.9 Å². The Hall–Kier alpha value is -1.35. The van der Waals surface area contributed by atoms with Gasteiger partial charge < -0.3 is 10.6 Å². The van der Waals surface area contributed by atoms with E-state index in [0.29, 0.717) is 6.42 Å². The van der Waals surface area contributed by atoms with E-state index in [1.165, 1.54) is 0 Å². The zero-order chi connectivity index (χ0) is 10.3. The molecule has 2 rings (SSSR count). The normalized spacial score (nSPS) is 17.1. The molecule has 74 valence electrons. The molecule has 1 aliphatic heterocycles. The van der Waals surface area contributed by atoms with Gasteiger partial charge in [0, 0.05) is 18.8 Å². The molecule has 0 saturated carbocycles. The van der Waals surface area contributed by atoms with Gasteiger partial charge >= 0.3 is 0 Å². The summed E-state index contributed by atoms with van der Waals surface area (Å²) >= 11 is 0. The van der Waals surface area contributed by atoms with Crippen LogP contribution < -0.4 is 10.6 Å². The Morgan fingerprint density at radius 3 is 2.86 bits per heavy atom. The SMILES string of the molecule is CC(N)c1ccc2c(c1)CC(=O)N2C. The molecule has 0 spiro atoms. The molecule has 0 aliphatic carbocycles. The van der Waals surface area contributed by atoms with Gasteiger partial charge in [0.15, 0.2) is 0 Å². The van der Waals surface area contributed by atoms with Gasteiger partial charge in [0.05, 0.1) is 6.42 Å². The number of carbonyl (C=O) groups excluding carboxylic acids is 1. The highest BCUT2D eigenvalue weighted by Crippen LogP contribution is 2.29. The summed E-state index contributed by atoms with van der Waals surface area (Å²) in [4.78, 5) is 13.1. The summed E-state index contributed by atoms with van der Waals surface area (Å²) in [5.74, 6) is 0.154. The highest BCUT2D eigenvalue weighted by atomic mass is 16.2. The zero-order valence-electron chi connectivity index (χ0n) is 8.45. The van der Waals surface area contributed by atoms with Crippen molar-refractivity contribution in [3.05, 3.63) is 29.3 Å². The number of carbonyl (C=O) groups is 1. The van der Waals surface area contributed by atoms with Gasteiger partial charge in [0.25, 0.3) is 0 Å². The van der Waals surface area contributed by atoms with Crippen LogP contribution in [0, 0.1) is 0 Å². The maximum absolute atomic E-state index is 11.4. The molecule has 1 heterocycles. The Morgan fingerprint density at radius 1 is 1.50 bits per heavy atom. The lowest BCUT2D eigenvalue weighted by atomic mass is 10.0. The molecule has 0 fully saturated rings. The van der Waals surface area contributed by atoms with Crippen LogP contribution in [-0.2, 0) is 11.2 Å². The number of amides is 1. The molecule has 14 heavy (non-hydrogen) atoms. The van der Waals surface area contributed by atoms with Crippen molar-refractivity contribution in [1.29, 1.82) is 0 Å². The second-order valence-electron chi connectivity index (χ2n) is 3.81. The molecular weight excluding hydrogens is 176 g/mol. The maximum Gasteiger partial charge on any atom is 0.231 e. The van der Waals surface area contributed by atoms with E-state index >= 15 is 0 Å². The Morgan fingerprint density at radius 2 is 2.21 bits per heavy atom. The monoisotopic (exact) mass is 190 g/mol. The Labute approximate surface area is 83.5 Å². The van der Waals surface area contributed by atoms with E-state index in [0.717, 1.165) is 16.8 Å².